The number of hydrogen-bond acceptors (Lipinski definition) is 7. The van der Waals surface area contributed by atoms with Crippen molar-refractivity contribution >= 4 is 29.2 Å². The summed E-state index contributed by atoms with van der Waals surface area (Å²) in [5.74, 6) is -2.24. The van der Waals surface area contributed by atoms with Gasteiger partial charge in [0.2, 0.25) is 0 Å². The maximum Gasteiger partial charge on any atom is 0.336 e. The Morgan fingerprint density at radius 1 is 1.06 bits per heavy atom. The minimum Gasteiger partial charge on any atom is -0.466 e. The van der Waals surface area contributed by atoms with Crippen LogP contribution in [0.15, 0.2) is 66.0 Å². The van der Waals surface area contributed by atoms with Crippen LogP contribution in [0.4, 0.5) is 5.69 Å². The highest BCUT2D eigenvalue weighted by molar-refractivity contribution is 6.31. The van der Waals surface area contributed by atoms with Crippen molar-refractivity contribution in [2.24, 2.45) is 0 Å². The average molecular weight is 457 g/mol. The van der Waals surface area contributed by atoms with Crippen molar-refractivity contribution in [2.45, 2.75) is 19.4 Å². The van der Waals surface area contributed by atoms with E-state index in [0.29, 0.717) is 16.1 Å². The molecule has 3 rings (SSSR count). The number of esters is 2. The first kappa shape index (κ1) is 23.0. The molecule has 0 N–H and O–H groups in total. The van der Waals surface area contributed by atoms with Crippen LogP contribution in [-0.4, -0.2) is 36.0 Å². The second-order valence-corrected chi connectivity index (χ2v) is 7.56. The first-order valence-corrected chi connectivity index (χ1v) is 9.98. The number of carbonyl (C=O) groups is 2. The molecule has 9 heteroatoms. The molecule has 1 heterocycles. The molecule has 2 aromatic rings. The highest BCUT2D eigenvalue weighted by Crippen LogP contribution is 2.39. The smallest absolute Gasteiger partial charge is 0.336 e. The summed E-state index contributed by atoms with van der Waals surface area (Å²) in [7, 11) is 2.46. The van der Waals surface area contributed by atoms with E-state index < -0.39 is 22.8 Å². The second-order valence-electron chi connectivity index (χ2n) is 7.15. The zero-order valence-electron chi connectivity index (χ0n) is 17.7. The number of methoxy groups -OCH3 is 2. The maximum absolute atomic E-state index is 12.7. The minimum absolute atomic E-state index is 0.116. The van der Waals surface area contributed by atoms with E-state index in [4.69, 9.17) is 21.1 Å². The quantitative estimate of drug-likeness (QED) is 0.363. The molecular weight excluding hydrogens is 436 g/mol. The molecule has 0 spiro atoms. The normalized spacial score (nSPS) is 13.8. The summed E-state index contributed by atoms with van der Waals surface area (Å²) in [4.78, 5) is 38.0. The number of carbonyl (C=O) groups excluding carboxylic acids is 2. The molecule has 0 fully saturated rings. The van der Waals surface area contributed by atoms with Crippen LogP contribution in [0.3, 0.4) is 0 Å². The Labute approximate surface area is 189 Å². The largest absolute Gasteiger partial charge is 0.466 e. The van der Waals surface area contributed by atoms with Crippen LogP contribution in [0.5, 0.6) is 0 Å². The summed E-state index contributed by atoms with van der Waals surface area (Å²) in [6.07, 6.45) is 3.11. The van der Waals surface area contributed by atoms with Gasteiger partial charge in [-0.2, -0.15) is 0 Å². The fourth-order valence-electron chi connectivity index (χ4n) is 3.56. The van der Waals surface area contributed by atoms with Gasteiger partial charge >= 0.3 is 11.9 Å². The van der Waals surface area contributed by atoms with Gasteiger partial charge in [-0.05, 0) is 24.1 Å². The molecule has 0 amide bonds. The molecule has 0 radical (unpaired) electrons. The Balaban J connectivity index is 2.15. The van der Waals surface area contributed by atoms with E-state index in [9.17, 15) is 19.7 Å². The number of halogens is 1. The number of aryl methyl sites for hydroxylation is 1. The molecule has 0 saturated heterocycles. The molecule has 0 bridgehead atoms. The van der Waals surface area contributed by atoms with Gasteiger partial charge in [0, 0.05) is 35.6 Å². The van der Waals surface area contributed by atoms with E-state index in [1.807, 2.05) is 12.1 Å². The van der Waals surface area contributed by atoms with Crippen LogP contribution in [-0.2, 0) is 25.6 Å². The van der Waals surface area contributed by atoms with Crippen LogP contribution in [0, 0.1) is 17.0 Å². The lowest BCUT2D eigenvalue weighted by Gasteiger charge is -2.30. The van der Waals surface area contributed by atoms with E-state index in [1.54, 1.807) is 48.5 Å². The third kappa shape index (κ3) is 4.65. The molecule has 2 aromatic carbocycles. The van der Waals surface area contributed by atoms with Crippen molar-refractivity contribution in [3.05, 3.63) is 97.8 Å². The molecule has 8 nitrogen and oxygen atoms in total. The van der Waals surface area contributed by atoms with E-state index in [-0.39, 0.29) is 23.4 Å². The molecule has 1 aliphatic rings. The standard InChI is InChI=1S/C23H21ClN2O6/c1-14-8-9-15(10-20(14)26(29)30)21-17(22(27)31-2)12-25(13-18(21)23(28)32-3)11-16-6-4-5-7-19(16)24/h4-10,12-13,21H,11H2,1-3H3. The van der Waals surface area contributed by atoms with Crippen LogP contribution in [0.2, 0.25) is 5.02 Å². The Kier molecular flexibility index (Phi) is 6.95. The van der Waals surface area contributed by atoms with Gasteiger partial charge in [0.15, 0.2) is 0 Å². The summed E-state index contributed by atoms with van der Waals surface area (Å²) < 4.78 is 9.91. The number of ether oxygens (including phenoxy) is 2. The molecule has 32 heavy (non-hydrogen) atoms. The topological polar surface area (TPSA) is 99.0 Å². The molecule has 0 aromatic heterocycles. The van der Waals surface area contributed by atoms with Gasteiger partial charge in [-0.25, -0.2) is 9.59 Å². The number of nitrogens with zero attached hydrogens (tertiary/aromatic N) is 2. The highest BCUT2D eigenvalue weighted by atomic mass is 35.5. The van der Waals surface area contributed by atoms with E-state index in [0.717, 1.165) is 5.56 Å². The molecule has 1 aliphatic heterocycles. The molecule has 0 unspecified atom stereocenters. The van der Waals surface area contributed by atoms with Crippen LogP contribution in [0.1, 0.15) is 22.6 Å². The summed E-state index contributed by atoms with van der Waals surface area (Å²) >= 11 is 6.27. The SMILES string of the molecule is COC(=O)C1=CN(Cc2ccccc2Cl)C=C(C(=O)OC)C1c1ccc(C)c([N+](=O)[O-])c1. The molecule has 0 aliphatic carbocycles. The Bertz CT molecular complexity index is 1110. The summed E-state index contributed by atoms with van der Waals surface area (Å²) in [5.41, 5.74) is 1.80. The molecule has 0 saturated carbocycles. The maximum atomic E-state index is 12.7. The highest BCUT2D eigenvalue weighted by Gasteiger charge is 2.36. The van der Waals surface area contributed by atoms with E-state index in [2.05, 4.69) is 0 Å². The first-order valence-electron chi connectivity index (χ1n) is 9.61. The monoisotopic (exact) mass is 456 g/mol. The van der Waals surface area contributed by atoms with Gasteiger partial charge in [-0.1, -0.05) is 41.9 Å². The lowest BCUT2D eigenvalue weighted by Crippen LogP contribution is -2.28. The average Bonchev–Trinajstić information content (AvgIpc) is 2.79. The third-order valence-electron chi connectivity index (χ3n) is 5.15. The van der Waals surface area contributed by atoms with E-state index >= 15 is 0 Å². The predicted octanol–water partition coefficient (Wildman–Crippen LogP) is 4.27. The zero-order valence-corrected chi connectivity index (χ0v) is 18.5. The van der Waals surface area contributed by atoms with Gasteiger partial charge in [-0.3, -0.25) is 10.1 Å². The van der Waals surface area contributed by atoms with Crippen molar-refractivity contribution in [3.8, 4) is 0 Å². The number of rotatable bonds is 6. The summed E-state index contributed by atoms with van der Waals surface area (Å²) in [5, 5.41) is 12.0. The van der Waals surface area contributed by atoms with Gasteiger partial charge in [-0.15, -0.1) is 0 Å². The first-order chi connectivity index (χ1) is 15.3. The number of nitro groups is 1. The second kappa shape index (κ2) is 9.65. The Morgan fingerprint density at radius 2 is 1.66 bits per heavy atom. The summed E-state index contributed by atoms with van der Waals surface area (Å²) in [6.45, 7) is 1.89. The van der Waals surface area contributed by atoms with Crippen molar-refractivity contribution in [1.29, 1.82) is 0 Å². The Hall–Kier alpha value is -3.65. The van der Waals surface area contributed by atoms with Gasteiger partial charge in [0.25, 0.3) is 5.69 Å². The fraction of sp³-hybridized carbons (Fsp3) is 0.217. The molecular formula is C23H21ClN2O6. The van der Waals surface area contributed by atoms with Crippen molar-refractivity contribution in [3.63, 3.8) is 0 Å². The van der Waals surface area contributed by atoms with E-state index in [1.165, 1.54) is 20.3 Å². The lowest BCUT2D eigenvalue weighted by molar-refractivity contribution is -0.385. The molecule has 0 atom stereocenters. The summed E-state index contributed by atoms with van der Waals surface area (Å²) in [6, 6.07) is 11.8. The van der Waals surface area contributed by atoms with Crippen LogP contribution in [0.25, 0.3) is 0 Å². The Morgan fingerprint density at radius 3 is 2.19 bits per heavy atom. The molecule has 166 valence electrons. The van der Waals surface area contributed by atoms with Gasteiger partial charge in [0.1, 0.15) is 0 Å². The van der Waals surface area contributed by atoms with Gasteiger partial charge in [0.05, 0.1) is 36.2 Å². The third-order valence-corrected chi connectivity index (χ3v) is 5.52. The number of nitro benzene ring substituents is 1. The predicted molar refractivity (Wildman–Crippen MR) is 118 cm³/mol. The zero-order chi connectivity index (χ0) is 23.4. The lowest BCUT2D eigenvalue weighted by atomic mass is 9.82. The van der Waals surface area contributed by atoms with Crippen LogP contribution >= 0.6 is 11.6 Å². The fourth-order valence-corrected chi connectivity index (χ4v) is 3.76. The van der Waals surface area contributed by atoms with Gasteiger partial charge < -0.3 is 14.4 Å². The minimum atomic E-state index is -0.906. The number of benzene rings is 2. The van der Waals surface area contributed by atoms with Crippen molar-refractivity contribution in [2.75, 3.05) is 14.2 Å². The van der Waals surface area contributed by atoms with Crippen molar-refractivity contribution in [1.82, 2.24) is 4.90 Å². The van der Waals surface area contributed by atoms with Crippen LogP contribution < -0.4 is 0 Å². The number of hydrogen-bond donors (Lipinski definition) is 0. The van der Waals surface area contributed by atoms with Crippen molar-refractivity contribution < 1.29 is 24.0 Å².